The second-order valence-electron chi connectivity index (χ2n) is 4.24. The summed E-state index contributed by atoms with van der Waals surface area (Å²) in [4.78, 5) is 10.9. The Labute approximate surface area is 134 Å². The molecule has 1 unspecified atom stereocenters. The molecule has 0 aliphatic carbocycles. The lowest BCUT2D eigenvalue weighted by molar-refractivity contribution is -0.138. The van der Waals surface area contributed by atoms with Gasteiger partial charge in [-0.25, -0.2) is 4.68 Å². The number of hydrogen-bond donors (Lipinski definition) is 1. The predicted molar refractivity (Wildman–Crippen MR) is 82.6 cm³/mol. The van der Waals surface area contributed by atoms with E-state index in [1.807, 2.05) is 19.1 Å². The van der Waals surface area contributed by atoms with Gasteiger partial charge in [0.05, 0.1) is 17.5 Å². The number of nitrogens with zero attached hydrogens (tertiary/aromatic N) is 4. The van der Waals surface area contributed by atoms with Gasteiger partial charge in [0.15, 0.2) is 5.82 Å². The van der Waals surface area contributed by atoms with E-state index >= 15 is 0 Å². The third-order valence-electron chi connectivity index (χ3n) is 2.90. The van der Waals surface area contributed by atoms with Crippen LogP contribution in [-0.2, 0) is 4.79 Å². The molecule has 106 valence electrons. The Bertz CT molecular complexity index is 632. The second-order valence-corrected chi connectivity index (χ2v) is 5.81. The van der Waals surface area contributed by atoms with Gasteiger partial charge in [0.1, 0.15) is 0 Å². The Morgan fingerprint density at radius 1 is 1.55 bits per heavy atom. The number of carboxylic acid groups (broad SMARTS) is 1. The number of aromatic nitrogens is 4. The molecule has 6 nitrogen and oxygen atoms in total. The first-order valence-corrected chi connectivity index (χ1v) is 7.43. The van der Waals surface area contributed by atoms with E-state index in [-0.39, 0.29) is 12.5 Å². The van der Waals surface area contributed by atoms with Crippen molar-refractivity contribution >= 4 is 40.2 Å². The van der Waals surface area contributed by atoms with E-state index in [1.54, 1.807) is 10.7 Å². The maximum Gasteiger partial charge on any atom is 0.305 e. The van der Waals surface area contributed by atoms with Crippen molar-refractivity contribution in [1.82, 2.24) is 20.2 Å². The summed E-state index contributed by atoms with van der Waals surface area (Å²) >= 11 is 8.24. The van der Waals surface area contributed by atoms with Crippen LogP contribution in [0.4, 0.5) is 0 Å². The fraction of sp³-hybridized carbons (Fsp3) is 0.333. The minimum absolute atomic E-state index is 0.0212. The highest BCUT2D eigenvalue weighted by Gasteiger charge is 2.20. The van der Waals surface area contributed by atoms with Crippen LogP contribution >= 0.6 is 34.2 Å². The highest BCUT2D eigenvalue weighted by Crippen LogP contribution is 2.27. The number of tetrazole rings is 1. The van der Waals surface area contributed by atoms with Crippen LogP contribution in [0.5, 0.6) is 0 Å². The van der Waals surface area contributed by atoms with Crippen LogP contribution in [0.1, 0.15) is 25.8 Å². The van der Waals surface area contributed by atoms with Crippen LogP contribution in [0.3, 0.4) is 0 Å². The molecule has 1 N–H and O–H groups in total. The topological polar surface area (TPSA) is 80.9 Å². The van der Waals surface area contributed by atoms with Crippen LogP contribution in [0, 0.1) is 3.57 Å². The smallest absolute Gasteiger partial charge is 0.305 e. The van der Waals surface area contributed by atoms with Crippen LogP contribution < -0.4 is 0 Å². The Morgan fingerprint density at radius 2 is 2.30 bits per heavy atom. The fourth-order valence-corrected chi connectivity index (χ4v) is 2.39. The van der Waals surface area contributed by atoms with Crippen molar-refractivity contribution in [2.45, 2.75) is 25.8 Å². The first kappa shape index (κ1) is 15.2. The van der Waals surface area contributed by atoms with Gasteiger partial charge < -0.3 is 5.11 Å². The molecule has 0 fully saturated rings. The van der Waals surface area contributed by atoms with Crippen molar-refractivity contribution < 1.29 is 9.90 Å². The Balaban J connectivity index is 2.40. The third kappa shape index (κ3) is 3.26. The zero-order valence-electron chi connectivity index (χ0n) is 10.6. The van der Waals surface area contributed by atoms with Gasteiger partial charge in [-0.2, -0.15) is 0 Å². The summed E-state index contributed by atoms with van der Waals surface area (Å²) in [6.45, 7) is 1.90. The quantitative estimate of drug-likeness (QED) is 0.772. The summed E-state index contributed by atoms with van der Waals surface area (Å²) in [5, 5.41) is 21.1. The molecule has 0 saturated heterocycles. The van der Waals surface area contributed by atoms with Gasteiger partial charge in [-0.15, -0.1) is 5.10 Å². The zero-order chi connectivity index (χ0) is 14.7. The molecule has 0 amide bonds. The number of hydrogen-bond acceptors (Lipinski definition) is 4. The van der Waals surface area contributed by atoms with E-state index in [4.69, 9.17) is 16.7 Å². The molecule has 20 heavy (non-hydrogen) atoms. The van der Waals surface area contributed by atoms with Crippen LogP contribution in [0.15, 0.2) is 18.2 Å². The van der Waals surface area contributed by atoms with Gasteiger partial charge in [-0.3, -0.25) is 4.79 Å². The van der Waals surface area contributed by atoms with E-state index in [9.17, 15) is 4.79 Å². The summed E-state index contributed by atoms with van der Waals surface area (Å²) < 4.78 is 2.48. The van der Waals surface area contributed by atoms with Crippen molar-refractivity contribution in [3.8, 4) is 11.4 Å². The van der Waals surface area contributed by atoms with Gasteiger partial charge in [-0.1, -0.05) is 18.5 Å². The van der Waals surface area contributed by atoms with Crippen LogP contribution in [0.25, 0.3) is 11.4 Å². The molecule has 1 heterocycles. The average Bonchev–Trinajstić information content (AvgIpc) is 2.88. The van der Waals surface area contributed by atoms with Gasteiger partial charge in [0.2, 0.25) is 0 Å². The summed E-state index contributed by atoms with van der Waals surface area (Å²) in [6.07, 6.45) is 0.606. The molecule has 8 heteroatoms. The third-order valence-corrected chi connectivity index (χ3v) is 4.47. The van der Waals surface area contributed by atoms with Crippen LogP contribution in [-0.4, -0.2) is 31.3 Å². The average molecular weight is 407 g/mol. The van der Waals surface area contributed by atoms with E-state index < -0.39 is 5.97 Å². The van der Waals surface area contributed by atoms with E-state index in [0.29, 0.717) is 17.3 Å². The number of carboxylic acids is 1. The molecule has 0 aliphatic heterocycles. The van der Waals surface area contributed by atoms with E-state index in [1.165, 1.54) is 0 Å². The summed E-state index contributed by atoms with van der Waals surface area (Å²) in [6, 6.07) is 5.23. The second kappa shape index (κ2) is 6.49. The molecule has 0 radical (unpaired) electrons. The molecular weight excluding hydrogens is 395 g/mol. The molecule has 2 aromatic rings. The monoisotopic (exact) mass is 406 g/mol. The van der Waals surface area contributed by atoms with Crippen molar-refractivity contribution in [3.63, 3.8) is 0 Å². The number of benzene rings is 1. The lowest BCUT2D eigenvalue weighted by Crippen LogP contribution is -2.15. The highest BCUT2D eigenvalue weighted by molar-refractivity contribution is 14.1. The first-order chi connectivity index (χ1) is 9.52. The standard InChI is InChI=1S/C12H12ClIN4O2/c1-2-8(6-11(19)20)18-12(15-16-17-18)7-3-4-10(14)9(13)5-7/h3-5,8H,2,6H2,1H3,(H,19,20). The lowest BCUT2D eigenvalue weighted by Gasteiger charge is -2.14. The fourth-order valence-electron chi connectivity index (χ4n) is 1.87. The molecular formula is C12H12ClIN4O2. The van der Waals surface area contributed by atoms with Gasteiger partial charge in [0, 0.05) is 9.13 Å². The van der Waals surface area contributed by atoms with Crippen molar-refractivity contribution in [3.05, 3.63) is 26.8 Å². The Kier molecular flexibility index (Phi) is 4.92. The SMILES string of the molecule is CCC(CC(=O)O)n1nnnc1-c1ccc(I)c(Cl)c1. The Morgan fingerprint density at radius 3 is 2.90 bits per heavy atom. The number of carbonyl (C=O) groups is 1. The molecule has 0 bridgehead atoms. The van der Waals surface area contributed by atoms with Crippen LogP contribution in [0.2, 0.25) is 5.02 Å². The van der Waals surface area contributed by atoms with Crippen molar-refractivity contribution in [1.29, 1.82) is 0 Å². The summed E-state index contributed by atoms with van der Waals surface area (Å²) in [7, 11) is 0. The minimum Gasteiger partial charge on any atom is -0.481 e. The maximum absolute atomic E-state index is 10.9. The maximum atomic E-state index is 10.9. The largest absolute Gasteiger partial charge is 0.481 e. The van der Waals surface area contributed by atoms with Gasteiger partial charge >= 0.3 is 5.97 Å². The summed E-state index contributed by atoms with van der Waals surface area (Å²) in [5.74, 6) is -0.352. The number of aliphatic carboxylic acids is 1. The van der Waals surface area contributed by atoms with E-state index in [0.717, 1.165) is 9.13 Å². The van der Waals surface area contributed by atoms with Gasteiger partial charge in [0.25, 0.3) is 0 Å². The van der Waals surface area contributed by atoms with E-state index in [2.05, 4.69) is 38.1 Å². The predicted octanol–water partition coefficient (Wildman–Crippen LogP) is 3.02. The van der Waals surface area contributed by atoms with Crippen molar-refractivity contribution in [2.24, 2.45) is 0 Å². The molecule has 2 rings (SSSR count). The number of rotatable bonds is 5. The molecule has 0 saturated carbocycles. The minimum atomic E-state index is -0.876. The van der Waals surface area contributed by atoms with Crippen molar-refractivity contribution in [2.75, 3.05) is 0 Å². The summed E-state index contributed by atoms with van der Waals surface area (Å²) in [5.41, 5.74) is 0.768. The molecule has 1 aromatic heterocycles. The lowest BCUT2D eigenvalue weighted by atomic mass is 10.1. The molecule has 0 spiro atoms. The Hall–Kier alpha value is -1.22. The highest BCUT2D eigenvalue weighted by atomic mass is 127. The zero-order valence-corrected chi connectivity index (χ0v) is 13.5. The first-order valence-electron chi connectivity index (χ1n) is 5.98. The molecule has 1 atom stereocenters. The normalized spacial score (nSPS) is 12.3. The number of halogens is 2. The van der Waals surface area contributed by atoms with Gasteiger partial charge in [-0.05, 0) is 57.6 Å². The molecule has 0 aliphatic rings. The molecule has 1 aromatic carbocycles.